The number of aryl methyl sites for hydroxylation is 1. The molecule has 0 radical (unpaired) electrons. The molecule has 1 aromatic carbocycles. The minimum absolute atomic E-state index is 0.321. The van der Waals surface area contributed by atoms with E-state index in [1.807, 2.05) is 0 Å². The van der Waals surface area contributed by atoms with Crippen molar-refractivity contribution in [3.63, 3.8) is 0 Å². The number of halogens is 5. The Hall–Kier alpha value is -0.750. The summed E-state index contributed by atoms with van der Waals surface area (Å²) in [6.07, 6.45) is -5.51. The fraction of sp³-hybridized carbons (Fsp3) is 0.231. The first-order valence-electron chi connectivity index (χ1n) is 5.50. The molecule has 2 aromatic rings. The predicted molar refractivity (Wildman–Crippen MR) is 74.6 cm³/mol. The van der Waals surface area contributed by atoms with E-state index in [2.05, 4.69) is 0 Å². The maximum absolute atomic E-state index is 12.6. The Kier molecular flexibility index (Phi) is 4.35. The Morgan fingerprint density at radius 3 is 2.25 bits per heavy atom. The maximum atomic E-state index is 12.6. The van der Waals surface area contributed by atoms with Crippen molar-refractivity contribution in [1.82, 2.24) is 0 Å². The molecule has 0 aliphatic heterocycles. The van der Waals surface area contributed by atoms with Crippen LogP contribution < -0.4 is 0 Å². The van der Waals surface area contributed by atoms with Crippen molar-refractivity contribution in [3.05, 3.63) is 55.2 Å². The van der Waals surface area contributed by atoms with Crippen LogP contribution in [0.1, 0.15) is 28.4 Å². The van der Waals surface area contributed by atoms with E-state index < -0.39 is 17.8 Å². The molecule has 0 saturated carbocycles. The van der Waals surface area contributed by atoms with Gasteiger partial charge in [-0.2, -0.15) is 13.2 Å². The SMILES string of the molecule is Cc1cc(C(F)(F)F)ccc1C(O)c1cc(Cl)sc1Cl. The normalized spacial score (nSPS) is 13.6. The van der Waals surface area contributed by atoms with Gasteiger partial charge in [0.1, 0.15) is 10.4 Å². The Morgan fingerprint density at radius 2 is 1.80 bits per heavy atom. The lowest BCUT2D eigenvalue weighted by molar-refractivity contribution is -0.137. The first-order valence-corrected chi connectivity index (χ1v) is 7.08. The molecule has 1 nitrogen and oxygen atoms in total. The molecule has 0 aliphatic carbocycles. The molecule has 1 unspecified atom stereocenters. The van der Waals surface area contributed by atoms with Crippen molar-refractivity contribution in [2.24, 2.45) is 0 Å². The Morgan fingerprint density at radius 1 is 1.15 bits per heavy atom. The fourth-order valence-corrected chi connectivity index (χ4v) is 3.39. The molecule has 7 heteroatoms. The molecule has 1 aromatic heterocycles. The second-order valence-corrected chi connectivity index (χ2v) is 6.54. The molecule has 20 heavy (non-hydrogen) atoms. The number of hydrogen-bond acceptors (Lipinski definition) is 2. The Bertz CT molecular complexity index is 637. The highest BCUT2D eigenvalue weighted by Crippen LogP contribution is 2.39. The quantitative estimate of drug-likeness (QED) is 0.769. The summed E-state index contributed by atoms with van der Waals surface area (Å²) in [5, 5.41) is 10.2. The average molecular weight is 341 g/mol. The van der Waals surface area contributed by atoms with Gasteiger partial charge in [0.05, 0.1) is 9.90 Å². The van der Waals surface area contributed by atoms with Gasteiger partial charge >= 0.3 is 6.18 Å². The third kappa shape index (κ3) is 3.11. The van der Waals surface area contributed by atoms with Crippen molar-refractivity contribution >= 4 is 34.5 Å². The minimum atomic E-state index is -4.41. The number of aliphatic hydroxyl groups is 1. The van der Waals surface area contributed by atoms with Gasteiger partial charge in [0.25, 0.3) is 0 Å². The third-order valence-electron chi connectivity index (χ3n) is 2.87. The van der Waals surface area contributed by atoms with Gasteiger partial charge in [-0.15, -0.1) is 11.3 Å². The maximum Gasteiger partial charge on any atom is 0.416 e. The van der Waals surface area contributed by atoms with Gasteiger partial charge in [-0.05, 0) is 36.2 Å². The van der Waals surface area contributed by atoms with Crippen LogP contribution in [0.2, 0.25) is 8.67 Å². The highest BCUT2D eigenvalue weighted by molar-refractivity contribution is 7.20. The van der Waals surface area contributed by atoms with Gasteiger partial charge in [0.15, 0.2) is 0 Å². The topological polar surface area (TPSA) is 20.2 Å². The predicted octanol–water partition coefficient (Wildman–Crippen LogP) is 5.46. The number of rotatable bonds is 2. The third-order valence-corrected chi connectivity index (χ3v) is 4.39. The highest BCUT2D eigenvalue weighted by Gasteiger charge is 2.31. The summed E-state index contributed by atoms with van der Waals surface area (Å²) < 4.78 is 38.5. The van der Waals surface area contributed by atoms with E-state index in [0.717, 1.165) is 23.5 Å². The lowest BCUT2D eigenvalue weighted by atomic mass is 9.97. The molecule has 0 amide bonds. The molecule has 1 N–H and O–H groups in total. The zero-order valence-electron chi connectivity index (χ0n) is 10.1. The fourth-order valence-electron chi connectivity index (χ4n) is 1.87. The van der Waals surface area contributed by atoms with E-state index >= 15 is 0 Å². The first-order chi connectivity index (χ1) is 9.20. The summed E-state index contributed by atoms with van der Waals surface area (Å²) in [5.41, 5.74) is 0.352. The van der Waals surface area contributed by atoms with E-state index in [1.165, 1.54) is 19.1 Å². The van der Waals surface area contributed by atoms with Crippen LogP contribution in [0, 0.1) is 6.92 Å². The van der Waals surface area contributed by atoms with E-state index in [1.54, 1.807) is 0 Å². The van der Waals surface area contributed by atoms with E-state index in [9.17, 15) is 18.3 Å². The number of hydrogen-bond donors (Lipinski definition) is 1. The van der Waals surface area contributed by atoms with Gasteiger partial charge in [-0.1, -0.05) is 29.3 Å². The summed E-state index contributed by atoms with van der Waals surface area (Å²) in [4.78, 5) is 0. The molecule has 108 valence electrons. The van der Waals surface area contributed by atoms with Crippen molar-refractivity contribution in [1.29, 1.82) is 0 Å². The van der Waals surface area contributed by atoms with Crippen LogP contribution in [0.5, 0.6) is 0 Å². The van der Waals surface area contributed by atoms with Crippen LogP contribution in [0.4, 0.5) is 13.2 Å². The van der Waals surface area contributed by atoms with Gasteiger partial charge < -0.3 is 5.11 Å². The van der Waals surface area contributed by atoms with Crippen molar-refractivity contribution in [2.45, 2.75) is 19.2 Å². The molecular formula is C13H9Cl2F3OS. The molecule has 1 atom stereocenters. The molecule has 2 rings (SSSR count). The number of benzene rings is 1. The van der Waals surface area contributed by atoms with Crippen LogP contribution in [0.3, 0.4) is 0 Å². The van der Waals surface area contributed by atoms with E-state index in [4.69, 9.17) is 23.2 Å². The summed E-state index contributed by atoms with van der Waals surface area (Å²) in [5.74, 6) is 0. The number of alkyl halides is 3. The minimum Gasteiger partial charge on any atom is -0.384 e. The second kappa shape index (κ2) is 5.56. The second-order valence-electron chi connectivity index (χ2n) is 4.25. The lowest BCUT2D eigenvalue weighted by Crippen LogP contribution is -2.08. The van der Waals surface area contributed by atoms with Crippen LogP contribution >= 0.6 is 34.5 Å². The number of aliphatic hydroxyl groups excluding tert-OH is 1. The molecular weight excluding hydrogens is 332 g/mol. The first kappa shape index (κ1) is 15.6. The molecule has 0 bridgehead atoms. The van der Waals surface area contributed by atoms with E-state index in [-0.39, 0.29) is 0 Å². The lowest BCUT2D eigenvalue weighted by Gasteiger charge is -2.15. The number of thiophene rings is 1. The van der Waals surface area contributed by atoms with Crippen LogP contribution in [0.25, 0.3) is 0 Å². The monoisotopic (exact) mass is 340 g/mol. The van der Waals surface area contributed by atoms with Crippen LogP contribution in [-0.4, -0.2) is 5.11 Å². The summed E-state index contributed by atoms with van der Waals surface area (Å²) >= 11 is 12.8. The van der Waals surface area contributed by atoms with Crippen molar-refractivity contribution in [2.75, 3.05) is 0 Å². The Labute approximate surface area is 127 Å². The highest BCUT2D eigenvalue weighted by atomic mass is 35.5. The van der Waals surface area contributed by atoms with Gasteiger partial charge in [-0.25, -0.2) is 0 Å². The van der Waals surface area contributed by atoms with Gasteiger partial charge in [0.2, 0.25) is 0 Å². The van der Waals surface area contributed by atoms with Gasteiger partial charge in [-0.3, -0.25) is 0 Å². The summed E-state index contributed by atoms with van der Waals surface area (Å²) in [6.45, 7) is 1.51. The van der Waals surface area contributed by atoms with Crippen molar-refractivity contribution in [3.8, 4) is 0 Å². The average Bonchev–Trinajstić information content (AvgIpc) is 2.66. The molecule has 1 heterocycles. The largest absolute Gasteiger partial charge is 0.416 e. The van der Waals surface area contributed by atoms with E-state index in [0.29, 0.717) is 25.4 Å². The standard InChI is InChI=1S/C13H9Cl2F3OS/c1-6-4-7(13(16,17)18)2-3-8(6)11(19)9-5-10(14)20-12(9)15/h2-5,11,19H,1H3. The molecule has 0 spiro atoms. The van der Waals surface area contributed by atoms with Crippen LogP contribution in [0.15, 0.2) is 24.3 Å². The summed E-state index contributed by atoms with van der Waals surface area (Å²) in [6, 6.07) is 4.70. The summed E-state index contributed by atoms with van der Waals surface area (Å²) in [7, 11) is 0. The molecule has 0 fully saturated rings. The zero-order chi connectivity index (χ0) is 15.1. The molecule has 0 aliphatic rings. The smallest absolute Gasteiger partial charge is 0.384 e. The zero-order valence-corrected chi connectivity index (χ0v) is 12.5. The van der Waals surface area contributed by atoms with Crippen molar-refractivity contribution < 1.29 is 18.3 Å². The van der Waals surface area contributed by atoms with Crippen LogP contribution in [-0.2, 0) is 6.18 Å². The van der Waals surface area contributed by atoms with Gasteiger partial charge in [0, 0.05) is 5.56 Å². The molecule has 0 saturated heterocycles. The Balaban J connectivity index is 2.41.